The summed E-state index contributed by atoms with van der Waals surface area (Å²) in [6.45, 7) is 0. The summed E-state index contributed by atoms with van der Waals surface area (Å²) < 4.78 is 1.98. The number of halogens is 2. The quantitative estimate of drug-likeness (QED) is 0.624. The highest BCUT2D eigenvalue weighted by Gasteiger charge is 2.16. The Morgan fingerprint density at radius 2 is 2.22 bits per heavy atom. The second-order valence-corrected chi connectivity index (χ2v) is 5.55. The molecule has 0 aliphatic heterocycles. The maximum atomic E-state index is 5.60. The molecule has 0 fully saturated rings. The number of hydrogen-bond acceptors (Lipinski definition) is 5. The average Bonchev–Trinajstić information content (AvgIpc) is 2.72. The normalized spacial score (nSPS) is 12.7. The van der Waals surface area contributed by atoms with Crippen molar-refractivity contribution in [2.45, 2.75) is 12.5 Å². The van der Waals surface area contributed by atoms with Crippen LogP contribution in [0.5, 0.6) is 0 Å². The van der Waals surface area contributed by atoms with Crippen LogP contribution in [0.25, 0.3) is 0 Å². The molecule has 6 nitrogen and oxygen atoms in total. The van der Waals surface area contributed by atoms with Crippen molar-refractivity contribution >= 4 is 31.9 Å². The van der Waals surface area contributed by atoms with Gasteiger partial charge >= 0.3 is 0 Å². The number of nitrogens with two attached hydrogens (primary N) is 1. The zero-order chi connectivity index (χ0) is 13.1. The molecular formula is C10H12Br2N6. The fraction of sp³-hybridized carbons (Fsp3) is 0.300. The lowest BCUT2D eigenvalue weighted by atomic mass is 10.0. The predicted molar refractivity (Wildman–Crippen MR) is 74.4 cm³/mol. The van der Waals surface area contributed by atoms with E-state index in [1.807, 2.05) is 18.2 Å². The minimum absolute atomic E-state index is 0.0725. The number of hydrogen-bond donors (Lipinski definition) is 2. The lowest BCUT2D eigenvalue weighted by Crippen LogP contribution is -2.30. The SMILES string of the molecule is Cn1nnc(CC(NN)c2ccc(Br)cc2Br)n1. The van der Waals surface area contributed by atoms with E-state index in [2.05, 4.69) is 52.7 Å². The van der Waals surface area contributed by atoms with Gasteiger partial charge in [0, 0.05) is 15.4 Å². The molecule has 1 aromatic heterocycles. The van der Waals surface area contributed by atoms with Crippen molar-refractivity contribution in [1.29, 1.82) is 0 Å². The van der Waals surface area contributed by atoms with Crippen molar-refractivity contribution in [3.8, 4) is 0 Å². The molecule has 0 saturated heterocycles. The Hall–Kier alpha value is -0.830. The molecule has 0 amide bonds. The fourth-order valence-corrected chi connectivity index (χ4v) is 2.95. The monoisotopic (exact) mass is 374 g/mol. The van der Waals surface area contributed by atoms with E-state index in [1.54, 1.807) is 7.05 Å². The molecular weight excluding hydrogens is 364 g/mol. The predicted octanol–water partition coefficient (Wildman–Crippen LogP) is 1.48. The second kappa shape index (κ2) is 5.87. The van der Waals surface area contributed by atoms with E-state index in [0.717, 1.165) is 14.5 Å². The maximum Gasteiger partial charge on any atom is 0.176 e. The first-order valence-electron chi connectivity index (χ1n) is 5.24. The van der Waals surface area contributed by atoms with Gasteiger partial charge in [0.1, 0.15) is 0 Å². The van der Waals surface area contributed by atoms with Gasteiger partial charge in [-0.25, -0.2) is 0 Å². The lowest BCUT2D eigenvalue weighted by Gasteiger charge is -2.16. The van der Waals surface area contributed by atoms with Crippen molar-refractivity contribution in [2.75, 3.05) is 0 Å². The molecule has 1 atom stereocenters. The van der Waals surface area contributed by atoms with Gasteiger partial charge in [-0.3, -0.25) is 11.3 Å². The minimum atomic E-state index is -0.0725. The van der Waals surface area contributed by atoms with Gasteiger partial charge in [0.15, 0.2) is 5.82 Å². The van der Waals surface area contributed by atoms with Crippen LogP contribution in [-0.2, 0) is 13.5 Å². The molecule has 1 unspecified atom stereocenters. The van der Waals surface area contributed by atoms with Crippen LogP contribution in [0.15, 0.2) is 27.1 Å². The third-order valence-electron chi connectivity index (χ3n) is 2.48. The Kier molecular flexibility index (Phi) is 4.44. The number of aromatic nitrogens is 4. The zero-order valence-electron chi connectivity index (χ0n) is 9.64. The van der Waals surface area contributed by atoms with Crippen LogP contribution >= 0.6 is 31.9 Å². The summed E-state index contributed by atoms with van der Waals surface area (Å²) in [5.41, 5.74) is 3.82. The molecule has 18 heavy (non-hydrogen) atoms. The summed E-state index contributed by atoms with van der Waals surface area (Å²) in [4.78, 5) is 1.43. The molecule has 2 aromatic rings. The topological polar surface area (TPSA) is 81.7 Å². The molecule has 0 aliphatic carbocycles. The molecule has 0 saturated carbocycles. The highest BCUT2D eigenvalue weighted by Crippen LogP contribution is 2.27. The van der Waals surface area contributed by atoms with Gasteiger partial charge in [-0.15, -0.1) is 10.2 Å². The van der Waals surface area contributed by atoms with E-state index in [1.165, 1.54) is 4.80 Å². The maximum absolute atomic E-state index is 5.60. The number of aryl methyl sites for hydroxylation is 1. The van der Waals surface area contributed by atoms with Gasteiger partial charge in [-0.1, -0.05) is 37.9 Å². The molecule has 0 bridgehead atoms. The number of nitrogens with zero attached hydrogens (tertiary/aromatic N) is 4. The number of nitrogens with one attached hydrogen (secondary N) is 1. The van der Waals surface area contributed by atoms with Crippen LogP contribution in [0.4, 0.5) is 0 Å². The van der Waals surface area contributed by atoms with Crippen LogP contribution in [-0.4, -0.2) is 20.2 Å². The van der Waals surface area contributed by atoms with Crippen LogP contribution < -0.4 is 11.3 Å². The molecule has 3 N–H and O–H groups in total. The van der Waals surface area contributed by atoms with Crippen molar-refractivity contribution in [2.24, 2.45) is 12.9 Å². The second-order valence-electron chi connectivity index (χ2n) is 3.78. The molecule has 96 valence electrons. The van der Waals surface area contributed by atoms with Crippen molar-refractivity contribution in [3.05, 3.63) is 38.5 Å². The highest BCUT2D eigenvalue weighted by molar-refractivity contribution is 9.11. The summed E-state index contributed by atoms with van der Waals surface area (Å²) in [5, 5.41) is 11.9. The van der Waals surface area contributed by atoms with Gasteiger partial charge in [-0.05, 0) is 22.9 Å². The summed E-state index contributed by atoms with van der Waals surface area (Å²) >= 11 is 6.94. The van der Waals surface area contributed by atoms with Crippen LogP contribution in [0.3, 0.4) is 0 Å². The van der Waals surface area contributed by atoms with Crippen molar-refractivity contribution in [1.82, 2.24) is 25.6 Å². The van der Waals surface area contributed by atoms with E-state index in [4.69, 9.17) is 5.84 Å². The Bertz CT molecular complexity index is 541. The smallest absolute Gasteiger partial charge is 0.176 e. The summed E-state index contributed by atoms with van der Waals surface area (Å²) in [5.74, 6) is 6.25. The molecule has 0 spiro atoms. The minimum Gasteiger partial charge on any atom is -0.271 e. The van der Waals surface area contributed by atoms with Crippen molar-refractivity contribution in [3.63, 3.8) is 0 Å². The molecule has 8 heteroatoms. The Labute approximate surface area is 121 Å². The first-order chi connectivity index (χ1) is 8.60. The van der Waals surface area contributed by atoms with Crippen molar-refractivity contribution < 1.29 is 0 Å². The number of benzene rings is 1. The van der Waals surface area contributed by atoms with Gasteiger partial charge < -0.3 is 0 Å². The van der Waals surface area contributed by atoms with Gasteiger partial charge in [0.25, 0.3) is 0 Å². The van der Waals surface area contributed by atoms with Gasteiger partial charge in [-0.2, -0.15) is 4.80 Å². The Morgan fingerprint density at radius 3 is 2.78 bits per heavy atom. The van der Waals surface area contributed by atoms with Crippen LogP contribution in [0.1, 0.15) is 17.4 Å². The van der Waals surface area contributed by atoms with E-state index in [-0.39, 0.29) is 6.04 Å². The molecule has 1 aromatic carbocycles. The standard InChI is InChI=1S/C10H12Br2N6/c1-18-16-10(15-17-18)5-9(14-13)7-3-2-6(11)4-8(7)12/h2-4,9,14H,5,13H2,1H3. The number of tetrazole rings is 1. The molecule has 0 radical (unpaired) electrons. The first kappa shape index (κ1) is 13.6. The fourth-order valence-electron chi connectivity index (χ4n) is 1.63. The average molecular weight is 376 g/mol. The number of hydrazine groups is 1. The van der Waals surface area contributed by atoms with E-state index in [0.29, 0.717) is 12.2 Å². The largest absolute Gasteiger partial charge is 0.271 e. The molecule has 1 heterocycles. The molecule has 2 rings (SSSR count). The third-order valence-corrected chi connectivity index (χ3v) is 3.66. The number of rotatable bonds is 4. The van der Waals surface area contributed by atoms with Crippen LogP contribution in [0.2, 0.25) is 0 Å². The van der Waals surface area contributed by atoms with E-state index >= 15 is 0 Å². The first-order valence-corrected chi connectivity index (χ1v) is 6.82. The van der Waals surface area contributed by atoms with Crippen LogP contribution in [0, 0.1) is 0 Å². The summed E-state index contributed by atoms with van der Waals surface area (Å²) in [6, 6.07) is 5.87. The highest BCUT2D eigenvalue weighted by atomic mass is 79.9. The van der Waals surface area contributed by atoms with E-state index < -0.39 is 0 Å². The van der Waals surface area contributed by atoms with E-state index in [9.17, 15) is 0 Å². The third kappa shape index (κ3) is 3.14. The lowest BCUT2D eigenvalue weighted by molar-refractivity contribution is 0.534. The Balaban J connectivity index is 2.22. The summed E-state index contributed by atoms with van der Waals surface area (Å²) in [7, 11) is 1.73. The Morgan fingerprint density at radius 1 is 1.44 bits per heavy atom. The zero-order valence-corrected chi connectivity index (χ0v) is 12.8. The molecule has 0 aliphatic rings. The van der Waals surface area contributed by atoms with Gasteiger partial charge in [0.2, 0.25) is 0 Å². The summed E-state index contributed by atoms with van der Waals surface area (Å²) in [6.07, 6.45) is 0.574. The van der Waals surface area contributed by atoms with Gasteiger partial charge in [0.05, 0.1) is 13.1 Å².